The van der Waals surface area contributed by atoms with Crippen LogP contribution in [0.3, 0.4) is 0 Å². The summed E-state index contributed by atoms with van der Waals surface area (Å²) in [5, 5.41) is 3.15. The zero-order valence-corrected chi connectivity index (χ0v) is 15.6. The Labute approximate surface area is 158 Å². The predicted molar refractivity (Wildman–Crippen MR) is 96.5 cm³/mol. The summed E-state index contributed by atoms with van der Waals surface area (Å²) in [6.07, 6.45) is 5.44. The molecule has 27 heavy (non-hydrogen) atoms. The number of esters is 1. The monoisotopic (exact) mass is 375 g/mol. The van der Waals surface area contributed by atoms with E-state index in [1.54, 1.807) is 25.1 Å². The Morgan fingerprint density at radius 3 is 2.52 bits per heavy atom. The van der Waals surface area contributed by atoms with Crippen molar-refractivity contribution in [3.63, 3.8) is 0 Å². The first-order chi connectivity index (χ1) is 12.9. The zero-order valence-electron chi connectivity index (χ0n) is 15.6. The molecule has 4 fully saturated rings. The summed E-state index contributed by atoms with van der Waals surface area (Å²) in [6.45, 7) is 1.76. The van der Waals surface area contributed by atoms with Crippen molar-refractivity contribution in [2.75, 3.05) is 13.2 Å². The molecule has 0 radical (unpaired) electrons. The molecule has 2 atom stereocenters. The summed E-state index contributed by atoms with van der Waals surface area (Å²) in [6, 6.07) is 6.17. The number of hydrogen-bond donors (Lipinski definition) is 1. The lowest BCUT2D eigenvalue weighted by Gasteiger charge is -2.60. The Morgan fingerprint density at radius 2 is 1.85 bits per heavy atom. The third-order valence-corrected chi connectivity index (χ3v) is 6.35. The lowest BCUT2D eigenvalue weighted by atomic mass is 9.47. The van der Waals surface area contributed by atoms with E-state index in [9.17, 15) is 14.0 Å². The third kappa shape index (κ3) is 3.54. The van der Waals surface area contributed by atoms with Crippen molar-refractivity contribution >= 4 is 11.9 Å². The highest BCUT2D eigenvalue weighted by molar-refractivity contribution is 5.79. The number of nitrogens with one attached hydrogen (secondary N) is 1. The van der Waals surface area contributed by atoms with E-state index in [0.717, 1.165) is 32.1 Å². The highest BCUT2D eigenvalue weighted by atomic mass is 19.1. The van der Waals surface area contributed by atoms with Gasteiger partial charge >= 0.3 is 5.97 Å². The quantitative estimate of drug-likeness (QED) is 0.612. The molecule has 4 aliphatic rings. The van der Waals surface area contributed by atoms with Gasteiger partial charge in [-0.15, -0.1) is 0 Å². The molecule has 0 saturated heterocycles. The van der Waals surface area contributed by atoms with E-state index >= 15 is 0 Å². The van der Waals surface area contributed by atoms with Crippen molar-refractivity contribution in [1.82, 2.24) is 5.32 Å². The van der Waals surface area contributed by atoms with Crippen molar-refractivity contribution in [3.8, 4) is 5.75 Å². The summed E-state index contributed by atoms with van der Waals surface area (Å²) < 4.78 is 24.5. The number of benzene rings is 1. The molecule has 0 unspecified atom stereocenters. The van der Waals surface area contributed by atoms with Crippen LogP contribution in [-0.4, -0.2) is 30.6 Å². The number of carbonyl (C=O) groups is 2. The second-order valence-electron chi connectivity index (χ2n) is 8.62. The van der Waals surface area contributed by atoms with E-state index in [0.29, 0.717) is 18.3 Å². The molecule has 5 rings (SSSR count). The number of halogens is 1. The van der Waals surface area contributed by atoms with Crippen molar-refractivity contribution in [2.45, 2.75) is 51.0 Å². The third-order valence-electron chi connectivity index (χ3n) is 6.35. The molecule has 4 saturated carbocycles. The maximum Gasteiger partial charge on any atom is 0.312 e. The number of rotatable bonds is 6. The van der Waals surface area contributed by atoms with Gasteiger partial charge in [0.15, 0.2) is 11.6 Å². The summed E-state index contributed by atoms with van der Waals surface area (Å²) >= 11 is 0. The van der Waals surface area contributed by atoms with Gasteiger partial charge in [0.25, 0.3) is 0 Å². The van der Waals surface area contributed by atoms with E-state index in [-0.39, 0.29) is 36.4 Å². The number of ether oxygens (including phenoxy) is 2. The van der Waals surface area contributed by atoms with E-state index in [1.165, 1.54) is 6.07 Å². The van der Waals surface area contributed by atoms with Crippen LogP contribution < -0.4 is 10.1 Å². The largest absolute Gasteiger partial charge is 0.487 e. The second-order valence-corrected chi connectivity index (χ2v) is 8.62. The maximum atomic E-state index is 13.6. The Kier molecular flexibility index (Phi) is 4.60. The Balaban J connectivity index is 1.37. The predicted octanol–water partition coefficient (Wildman–Crippen LogP) is 3.22. The first-order valence-corrected chi connectivity index (χ1v) is 9.73. The van der Waals surface area contributed by atoms with Gasteiger partial charge in [0.05, 0.1) is 5.41 Å². The Morgan fingerprint density at radius 1 is 1.15 bits per heavy atom. The van der Waals surface area contributed by atoms with Crippen LogP contribution >= 0.6 is 0 Å². The SMILES string of the molecule is CC(=O)NC12C[C@@H]3C[C@@H](C1)CC(C(=O)OCCOc1ccccc1F)(C3)C2. The number of carbonyl (C=O) groups excluding carboxylic acids is 2. The fourth-order valence-electron chi connectivity index (χ4n) is 6.02. The van der Waals surface area contributed by atoms with Crippen molar-refractivity contribution in [1.29, 1.82) is 0 Å². The van der Waals surface area contributed by atoms with Crippen LogP contribution in [0.1, 0.15) is 45.4 Å². The van der Waals surface area contributed by atoms with Crippen molar-refractivity contribution in [3.05, 3.63) is 30.1 Å². The molecule has 0 aliphatic heterocycles. The molecule has 5 nitrogen and oxygen atoms in total. The Hall–Kier alpha value is -2.11. The van der Waals surface area contributed by atoms with Gasteiger partial charge < -0.3 is 14.8 Å². The topological polar surface area (TPSA) is 64.6 Å². The summed E-state index contributed by atoms with van der Waals surface area (Å²) in [4.78, 5) is 24.6. The molecule has 1 aromatic rings. The summed E-state index contributed by atoms with van der Waals surface area (Å²) in [7, 11) is 0. The minimum Gasteiger partial charge on any atom is -0.487 e. The highest BCUT2D eigenvalue weighted by Crippen LogP contribution is 2.62. The van der Waals surface area contributed by atoms with Gasteiger partial charge in [0, 0.05) is 12.5 Å². The molecule has 1 aromatic carbocycles. The number of amides is 1. The van der Waals surface area contributed by atoms with E-state index in [2.05, 4.69) is 5.32 Å². The van der Waals surface area contributed by atoms with Gasteiger partial charge in [0.1, 0.15) is 13.2 Å². The molecule has 4 bridgehead atoms. The molecule has 4 aliphatic carbocycles. The lowest BCUT2D eigenvalue weighted by molar-refractivity contribution is -0.176. The van der Waals surface area contributed by atoms with Gasteiger partial charge in [-0.3, -0.25) is 9.59 Å². The van der Waals surface area contributed by atoms with Crippen LogP contribution in [0.25, 0.3) is 0 Å². The smallest absolute Gasteiger partial charge is 0.312 e. The molecule has 0 heterocycles. The zero-order chi connectivity index (χ0) is 19.1. The van der Waals surface area contributed by atoms with Crippen molar-refractivity contribution in [2.24, 2.45) is 17.3 Å². The van der Waals surface area contributed by atoms with Crippen LogP contribution in [0.15, 0.2) is 24.3 Å². The standard InChI is InChI=1S/C21H26FNO4/c1-14(24)23-21-11-15-8-16(12-21)10-20(9-15,13-21)19(25)27-7-6-26-18-5-3-2-4-17(18)22/h2-5,15-16H,6-13H2,1H3,(H,23,24)/t15-,16-,20?,21?/m1/s1. The first kappa shape index (κ1) is 18.3. The molecule has 1 amide bonds. The number of hydrogen-bond acceptors (Lipinski definition) is 4. The summed E-state index contributed by atoms with van der Waals surface area (Å²) in [5.41, 5.74) is -0.747. The van der Waals surface area contributed by atoms with Gasteiger partial charge in [-0.05, 0) is 62.5 Å². The summed E-state index contributed by atoms with van der Waals surface area (Å²) in [5.74, 6) is 0.456. The molecule has 6 heteroatoms. The highest BCUT2D eigenvalue weighted by Gasteiger charge is 2.61. The number of para-hydroxylation sites is 1. The van der Waals surface area contributed by atoms with E-state index < -0.39 is 11.2 Å². The van der Waals surface area contributed by atoms with Gasteiger partial charge in [-0.1, -0.05) is 12.1 Å². The van der Waals surface area contributed by atoms with E-state index in [1.807, 2.05) is 0 Å². The molecule has 0 aromatic heterocycles. The van der Waals surface area contributed by atoms with Crippen LogP contribution in [0.5, 0.6) is 5.75 Å². The second kappa shape index (κ2) is 6.80. The fraction of sp³-hybridized carbons (Fsp3) is 0.619. The normalized spacial score (nSPS) is 33.6. The van der Waals surface area contributed by atoms with Gasteiger partial charge in [-0.2, -0.15) is 0 Å². The lowest BCUT2D eigenvalue weighted by Crippen LogP contribution is -2.64. The average molecular weight is 375 g/mol. The minimum atomic E-state index is -0.496. The van der Waals surface area contributed by atoms with Crippen LogP contribution in [-0.2, 0) is 14.3 Å². The molecular formula is C21H26FNO4. The van der Waals surface area contributed by atoms with Crippen LogP contribution in [0.2, 0.25) is 0 Å². The fourth-order valence-corrected chi connectivity index (χ4v) is 6.02. The molecule has 1 N–H and O–H groups in total. The minimum absolute atomic E-state index is 0.0289. The Bertz CT molecular complexity index is 735. The molecular weight excluding hydrogens is 349 g/mol. The maximum absolute atomic E-state index is 13.6. The van der Waals surface area contributed by atoms with Gasteiger partial charge in [-0.25, -0.2) is 4.39 Å². The van der Waals surface area contributed by atoms with Crippen molar-refractivity contribution < 1.29 is 23.5 Å². The average Bonchev–Trinajstić information content (AvgIpc) is 2.57. The van der Waals surface area contributed by atoms with Crippen LogP contribution in [0.4, 0.5) is 4.39 Å². The van der Waals surface area contributed by atoms with Crippen LogP contribution in [0, 0.1) is 23.1 Å². The van der Waals surface area contributed by atoms with E-state index in [4.69, 9.17) is 9.47 Å². The van der Waals surface area contributed by atoms with Gasteiger partial charge in [0.2, 0.25) is 5.91 Å². The molecule has 0 spiro atoms. The molecule has 146 valence electrons. The first-order valence-electron chi connectivity index (χ1n) is 9.73.